The Bertz CT molecular complexity index is 1510. The third-order valence-corrected chi connectivity index (χ3v) is 7.43. The van der Waals surface area contributed by atoms with Crippen LogP contribution in [0, 0.1) is 5.92 Å². The maximum atomic E-state index is 12.9. The molecule has 2 N–H and O–H groups in total. The summed E-state index contributed by atoms with van der Waals surface area (Å²) in [5.41, 5.74) is 2.32. The van der Waals surface area contributed by atoms with Crippen LogP contribution in [-0.4, -0.2) is 67.1 Å². The lowest BCUT2D eigenvalue weighted by Gasteiger charge is -2.20. The molecular weight excluding hydrogens is 655 g/mol. The third-order valence-electron chi connectivity index (χ3n) is 7.43. The summed E-state index contributed by atoms with van der Waals surface area (Å²) in [6.45, 7) is 4.66. The third kappa shape index (κ3) is 11.5. The SMILES string of the molecule is CC.CC(F)(F)C=O.FC1(F)CCCCC1.O=C(NCc1cn2ncc(CC3CC(C(F)(F)F)NC3=O)cc2n1)c1nonc1C1CC1. The van der Waals surface area contributed by atoms with Crippen LogP contribution >= 0.6 is 0 Å². The van der Waals surface area contributed by atoms with Crippen molar-refractivity contribution in [2.24, 2.45) is 5.92 Å². The molecule has 3 aromatic heterocycles. The van der Waals surface area contributed by atoms with Gasteiger partial charge in [0, 0.05) is 31.6 Å². The quantitative estimate of drug-likeness (QED) is 0.227. The van der Waals surface area contributed by atoms with E-state index in [-0.39, 0.29) is 43.8 Å². The first-order valence-corrected chi connectivity index (χ1v) is 15.6. The summed E-state index contributed by atoms with van der Waals surface area (Å²) in [5, 5.41) is 16.4. The number of rotatable bonds is 7. The van der Waals surface area contributed by atoms with Crippen LogP contribution in [0.25, 0.3) is 5.65 Å². The Labute approximate surface area is 271 Å². The topological polar surface area (TPSA) is 144 Å². The van der Waals surface area contributed by atoms with Crippen LogP contribution < -0.4 is 10.6 Å². The van der Waals surface area contributed by atoms with Gasteiger partial charge in [-0.1, -0.05) is 25.4 Å². The fourth-order valence-corrected chi connectivity index (χ4v) is 4.88. The number of alkyl halides is 7. The minimum atomic E-state index is -4.46. The molecule has 0 bridgehead atoms. The second-order valence-corrected chi connectivity index (χ2v) is 11.6. The molecule has 0 aromatic carbocycles. The molecule has 4 heterocycles. The summed E-state index contributed by atoms with van der Waals surface area (Å²) in [5.74, 6) is -7.06. The normalized spacial score (nSPS) is 20.2. The highest BCUT2D eigenvalue weighted by Crippen LogP contribution is 2.40. The van der Waals surface area contributed by atoms with E-state index < -0.39 is 48.1 Å². The number of halogens is 7. The van der Waals surface area contributed by atoms with Crippen molar-refractivity contribution in [3.8, 4) is 0 Å². The highest BCUT2D eigenvalue weighted by molar-refractivity contribution is 5.93. The van der Waals surface area contributed by atoms with Crippen molar-refractivity contribution in [3.05, 3.63) is 41.1 Å². The zero-order chi connectivity index (χ0) is 35.7. The molecule has 1 saturated heterocycles. The number of aldehydes is 1. The van der Waals surface area contributed by atoms with E-state index in [1.54, 1.807) is 12.3 Å². The van der Waals surface area contributed by atoms with Crippen LogP contribution in [0.4, 0.5) is 30.7 Å². The number of amides is 2. The number of imidazole rings is 1. The van der Waals surface area contributed by atoms with Gasteiger partial charge in [0.2, 0.25) is 11.8 Å². The van der Waals surface area contributed by atoms with Gasteiger partial charge in [0.25, 0.3) is 11.8 Å². The van der Waals surface area contributed by atoms with Crippen LogP contribution in [0.5, 0.6) is 0 Å². The van der Waals surface area contributed by atoms with Crippen LogP contribution in [0.2, 0.25) is 0 Å². The summed E-state index contributed by atoms with van der Waals surface area (Å²) in [6.07, 6.45) is 2.66. The van der Waals surface area contributed by atoms with Gasteiger partial charge in [0.1, 0.15) is 11.7 Å². The van der Waals surface area contributed by atoms with E-state index in [4.69, 9.17) is 4.79 Å². The van der Waals surface area contributed by atoms with Crippen LogP contribution in [-0.2, 0) is 22.6 Å². The molecule has 48 heavy (non-hydrogen) atoms. The second-order valence-electron chi connectivity index (χ2n) is 11.6. The maximum absolute atomic E-state index is 12.9. The van der Waals surface area contributed by atoms with E-state index in [0.717, 1.165) is 19.3 Å². The first-order chi connectivity index (χ1) is 22.5. The van der Waals surface area contributed by atoms with E-state index >= 15 is 0 Å². The first kappa shape index (κ1) is 38.3. The number of aromatic nitrogens is 5. The molecule has 2 aliphatic carbocycles. The molecule has 3 aromatic rings. The van der Waals surface area contributed by atoms with Crippen molar-refractivity contribution in [2.45, 2.75) is 115 Å². The summed E-state index contributed by atoms with van der Waals surface area (Å²) < 4.78 is 91.3. The van der Waals surface area contributed by atoms with E-state index in [0.29, 0.717) is 42.4 Å². The molecule has 266 valence electrons. The molecule has 2 amide bonds. The van der Waals surface area contributed by atoms with Crippen LogP contribution in [0.15, 0.2) is 23.1 Å². The fourth-order valence-electron chi connectivity index (χ4n) is 4.88. The number of nitrogens with one attached hydrogen (secondary N) is 2. The molecule has 3 fully saturated rings. The van der Waals surface area contributed by atoms with Crippen molar-refractivity contribution in [3.63, 3.8) is 0 Å². The Kier molecular flexibility index (Phi) is 13.0. The van der Waals surface area contributed by atoms with Gasteiger partial charge < -0.3 is 10.6 Å². The number of carbonyl (C=O) groups excluding carboxylic acids is 3. The Morgan fingerprint density at radius 2 is 1.77 bits per heavy atom. The summed E-state index contributed by atoms with van der Waals surface area (Å²) in [6, 6.07) is -0.155. The fraction of sp³-hybridized carbons (Fsp3) is 0.633. The highest BCUT2D eigenvalue weighted by atomic mass is 19.4. The van der Waals surface area contributed by atoms with Crippen LogP contribution in [0.3, 0.4) is 0 Å². The molecule has 2 unspecified atom stereocenters. The predicted molar refractivity (Wildman–Crippen MR) is 156 cm³/mol. The lowest BCUT2D eigenvalue weighted by Crippen LogP contribution is -2.38. The number of fused-ring (bicyclic) bond motifs is 1. The van der Waals surface area contributed by atoms with Crippen molar-refractivity contribution in [1.29, 1.82) is 0 Å². The lowest BCUT2D eigenvalue weighted by atomic mass is 9.97. The Balaban J connectivity index is 0.000000324. The molecule has 0 radical (unpaired) electrons. The Morgan fingerprint density at radius 3 is 2.29 bits per heavy atom. The second kappa shape index (κ2) is 16.3. The van der Waals surface area contributed by atoms with E-state index in [1.165, 1.54) is 10.7 Å². The lowest BCUT2D eigenvalue weighted by molar-refractivity contribution is -0.154. The smallest absolute Gasteiger partial charge is 0.345 e. The minimum Gasteiger partial charge on any atom is -0.345 e. The van der Waals surface area contributed by atoms with E-state index in [1.807, 2.05) is 19.2 Å². The largest absolute Gasteiger partial charge is 0.408 e. The Hall–Kier alpha value is -4.12. The number of carbonyl (C=O) groups is 3. The zero-order valence-corrected chi connectivity index (χ0v) is 26.6. The molecule has 6 rings (SSSR count). The molecular formula is C30H38F7N7O4. The van der Waals surface area contributed by atoms with E-state index in [9.17, 15) is 40.3 Å². The van der Waals surface area contributed by atoms with Crippen molar-refractivity contribution in [2.75, 3.05) is 0 Å². The molecule has 11 nitrogen and oxygen atoms in total. The van der Waals surface area contributed by atoms with Gasteiger partial charge in [-0.3, -0.25) is 14.4 Å². The van der Waals surface area contributed by atoms with E-state index in [2.05, 4.69) is 30.3 Å². The molecule has 18 heteroatoms. The van der Waals surface area contributed by atoms with Gasteiger partial charge in [0.05, 0.1) is 24.6 Å². The van der Waals surface area contributed by atoms with Crippen molar-refractivity contribution < 1.29 is 49.7 Å². The number of hydrogen-bond acceptors (Lipinski definition) is 8. The van der Waals surface area contributed by atoms with Gasteiger partial charge in [-0.25, -0.2) is 22.9 Å². The van der Waals surface area contributed by atoms with Crippen LogP contribution in [0.1, 0.15) is 105 Å². The summed E-state index contributed by atoms with van der Waals surface area (Å²) in [4.78, 5) is 37.8. The monoisotopic (exact) mass is 693 g/mol. The number of nitrogens with zero attached hydrogens (tertiary/aromatic N) is 5. The van der Waals surface area contributed by atoms with Gasteiger partial charge in [-0.15, -0.1) is 0 Å². The summed E-state index contributed by atoms with van der Waals surface area (Å²) >= 11 is 0. The molecule has 2 saturated carbocycles. The van der Waals surface area contributed by atoms with Gasteiger partial charge >= 0.3 is 6.18 Å². The van der Waals surface area contributed by atoms with Gasteiger partial charge in [-0.05, 0) is 55.3 Å². The molecule has 0 spiro atoms. The predicted octanol–water partition coefficient (Wildman–Crippen LogP) is 5.98. The molecule has 2 atom stereocenters. The minimum absolute atomic E-state index is 0.118. The first-order valence-electron chi connectivity index (χ1n) is 15.6. The maximum Gasteiger partial charge on any atom is 0.408 e. The molecule has 3 aliphatic rings. The average Bonchev–Trinajstić information content (AvgIpc) is 3.41. The number of hydrogen-bond donors (Lipinski definition) is 2. The van der Waals surface area contributed by atoms with Gasteiger partial charge in [-0.2, -0.15) is 27.1 Å². The summed E-state index contributed by atoms with van der Waals surface area (Å²) in [7, 11) is 0. The zero-order valence-electron chi connectivity index (χ0n) is 26.6. The molecule has 1 aliphatic heterocycles. The average molecular weight is 694 g/mol. The standard InChI is InChI=1S/C19H18F3N7O3.C6H10F2.C3H4F2O.C2H6/c20-19(21,22)13-5-11(17(30)26-13)3-9-4-14-25-12(8-29(14)24-6-9)7-23-18(31)16-15(10-1-2-10)27-32-28-16;7-6(8)4-2-1-3-5-6;1-3(4,5)2-6;1-2/h4,6,8,10-11,13H,1-3,5,7H2,(H,23,31)(H,26,30);1-5H2;2H,1H3;1-2H3. The van der Waals surface area contributed by atoms with Crippen molar-refractivity contribution in [1.82, 2.24) is 35.5 Å². The Morgan fingerprint density at radius 1 is 1.12 bits per heavy atom. The van der Waals surface area contributed by atoms with Crippen molar-refractivity contribution >= 4 is 23.7 Å². The van der Waals surface area contributed by atoms with Gasteiger partial charge in [0.15, 0.2) is 17.6 Å². The highest BCUT2D eigenvalue weighted by Gasteiger charge is 2.47.